The molecule has 0 aliphatic rings. The highest BCUT2D eigenvalue weighted by Gasteiger charge is 2.15. The number of nitrogens with zero attached hydrogens (tertiary/aromatic N) is 1. The predicted octanol–water partition coefficient (Wildman–Crippen LogP) is 4.61. The fourth-order valence-electron chi connectivity index (χ4n) is 2.62. The molecule has 0 bridgehead atoms. The molecule has 0 unspecified atom stereocenters. The van der Waals surface area contributed by atoms with E-state index in [4.69, 9.17) is 9.15 Å². The maximum atomic E-state index is 12.5. The standard InChI is InChI=1S/C18H14N2O3S/c1-10-19-13-9-12(6-7-16(13)24-10)20-18(21)15-8-11-4-3-5-14(22-2)17(11)23-15/h3-9H,1-2H3,(H,20,21). The Bertz CT molecular complexity index is 1060. The Morgan fingerprint density at radius 3 is 2.96 bits per heavy atom. The zero-order chi connectivity index (χ0) is 16.7. The number of hydrogen-bond acceptors (Lipinski definition) is 5. The summed E-state index contributed by atoms with van der Waals surface area (Å²) < 4.78 is 12.0. The molecule has 4 rings (SSSR count). The van der Waals surface area contributed by atoms with Crippen LogP contribution < -0.4 is 10.1 Å². The van der Waals surface area contributed by atoms with Crippen LogP contribution in [0.25, 0.3) is 21.2 Å². The number of ether oxygens (including phenoxy) is 1. The summed E-state index contributed by atoms with van der Waals surface area (Å²) in [5.74, 6) is 0.537. The van der Waals surface area contributed by atoms with E-state index >= 15 is 0 Å². The van der Waals surface area contributed by atoms with Crippen molar-refractivity contribution in [2.75, 3.05) is 12.4 Å². The Balaban J connectivity index is 1.65. The molecule has 0 aliphatic heterocycles. The number of aromatic nitrogens is 1. The minimum Gasteiger partial charge on any atom is -0.493 e. The number of carbonyl (C=O) groups excluding carboxylic acids is 1. The number of para-hydroxylation sites is 1. The lowest BCUT2D eigenvalue weighted by Gasteiger charge is -2.02. The molecule has 6 heteroatoms. The number of hydrogen-bond donors (Lipinski definition) is 1. The van der Waals surface area contributed by atoms with Crippen molar-refractivity contribution in [1.82, 2.24) is 4.98 Å². The van der Waals surface area contributed by atoms with Gasteiger partial charge in [0.2, 0.25) is 0 Å². The highest BCUT2D eigenvalue weighted by molar-refractivity contribution is 7.18. The monoisotopic (exact) mass is 338 g/mol. The number of aryl methyl sites for hydroxylation is 1. The highest BCUT2D eigenvalue weighted by Crippen LogP contribution is 2.29. The molecule has 0 saturated heterocycles. The third kappa shape index (κ3) is 2.51. The molecule has 0 atom stereocenters. The van der Waals surface area contributed by atoms with Gasteiger partial charge in [-0.2, -0.15) is 0 Å². The van der Waals surface area contributed by atoms with Crippen molar-refractivity contribution < 1.29 is 13.9 Å². The maximum absolute atomic E-state index is 12.5. The van der Waals surface area contributed by atoms with Crippen molar-refractivity contribution in [3.05, 3.63) is 53.2 Å². The number of furan rings is 1. The molecule has 120 valence electrons. The highest BCUT2D eigenvalue weighted by atomic mass is 32.1. The average Bonchev–Trinajstić information content (AvgIpc) is 3.16. The smallest absolute Gasteiger partial charge is 0.291 e. The van der Waals surface area contributed by atoms with Gasteiger partial charge in [0.05, 0.1) is 22.3 Å². The van der Waals surface area contributed by atoms with Crippen LogP contribution in [0.1, 0.15) is 15.6 Å². The molecule has 2 heterocycles. The molecular formula is C18H14N2O3S. The van der Waals surface area contributed by atoms with Gasteiger partial charge in [0.15, 0.2) is 17.1 Å². The summed E-state index contributed by atoms with van der Waals surface area (Å²) in [7, 11) is 1.57. The fraction of sp³-hybridized carbons (Fsp3) is 0.111. The molecular weight excluding hydrogens is 324 g/mol. The number of benzene rings is 2. The van der Waals surface area contributed by atoms with Crippen LogP contribution in [0.5, 0.6) is 5.75 Å². The molecule has 2 aromatic carbocycles. The van der Waals surface area contributed by atoms with E-state index in [1.807, 2.05) is 37.3 Å². The largest absolute Gasteiger partial charge is 0.493 e. The zero-order valence-corrected chi connectivity index (χ0v) is 13.9. The Morgan fingerprint density at radius 2 is 2.12 bits per heavy atom. The van der Waals surface area contributed by atoms with Crippen molar-refractivity contribution in [2.24, 2.45) is 0 Å². The number of anilines is 1. The topological polar surface area (TPSA) is 64.4 Å². The van der Waals surface area contributed by atoms with Crippen LogP contribution in [0.15, 0.2) is 46.9 Å². The number of amides is 1. The number of rotatable bonds is 3. The number of carbonyl (C=O) groups is 1. The summed E-state index contributed by atoms with van der Waals surface area (Å²) in [6, 6.07) is 12.9. The summed E-state index contributed by atoms with van der Waals surface area (Å²) in [5, 5.41) is 4.67. The van der Waals surface area contributed by atoms with Gasteiger partial charge in [0, 0.05) is 11.1 Å². The predicted molar refractivity (Wildman–Crippen MR) is 95.1 cm³/mol. The first-order valence-electron chi connectivity index (χ1n) is 7.39. The van der Waals surface area contributed by atoms with Crippen LogP contribution in [0, 0.1) is 6.92 Å². The van der Waals surface area contributed by atoms with E-state index in [-0.39, 0.29) is 11.7 Å². The van der Waals surface area contributed by atoms with Crippen LogP contribution in [0.2, 0.25) is 0 Å². The maximum Gasteiger partial charge on any atom is 0.291 e. The van der Waals surface area contributed by atoms with Crippen LogP contribution in [0.3, 0.4) is 0 Å². The zero-order valence-electron chi connectivity index (χ0n) is 13.1. The molecule has 0 saturated carbocycles. The van der Waals surface area contributed by atoms with Gasteiger partial charge in [0.25, 0.3) is 5.91 Å². The van der Waals surface area contributed by atoms with Crippen molar-refractivity contribution in [3.63, 3.8) is 0 Å². The van der Waals surface area contributed by atoms with Crippen molar-refractivity contribution in [1.29, 1.82) is 0 Å². The van der Waals surface area contributed by atoms with Crippen molar-refractivity contribution in [3.8, 4) is 5.75 Å². The molecule has 2 aromatic heterocycles. The third-order valence-electron chi connectivity index (χ3n) is 3.70. The Kier molecular flexibility index (Phi) is 3.46. The molecule has 0 radical (unpaired) electrons. The Labute approximate surface area is 141 Å². The van der Waals surface area contributed by atoms with Crippen molar-refractivity contribution >= 4 is 44.1 Å². The van der Waals surface area contributed by atoms with Gasteiger partial charge < -0.3 is 14.5 Å². The summed E-state index contributed by atoms with van der Waals surface area (Å²) in [6.07, 6.45) is 0. The van der Waals surface area contributed by atoms with Gasteiger partial charge in [-0.3, -0.25) is 4.79 Å². The third-order valence-corrected chi connectivity index (χ3v) is 4.66. The second kappa shape index (κ2) is 5.65. The van der Waals surface area contributed by atoms with E-state index in [9.17, 15) is 4.79 Å². The average molecular weight is 338 g/mol. The van der Waals surface area contributed by atoms with E-state index in [2.05, 4.69) is 10.3 Å². The summed E-state index contributed by atoms with van der Waals surface area (Å²) >= 11 is 1.63. The molecule has 0 aliphatic carbocycles. The molecule has 1 amide bonds. The van der Waals surface area contributed by atoms with Gasteiger partial charge in [-0.25, -0.2) is 4.98 Å². The Hall–Kier alpha value is -2.86. The number of nitrogens with one attached hydrogen (secondary N) is 1. The minimum atomic E-state index is -0.306. The number of fused-ring (bicyclic) bond motifs is 2. The number of thiazole rings is 1. The first kappa shape index (κ1) is 14.7. The van der Waals surface area contributed by atoms with E-state index in [0.29, 0.717) is 17.0 Å². The lowest BCUT2D eigenvalue weighted by Crippen LogP contribution is -2.10. The molecule has 4 aromatic rings. The number of methoxy groups -OCH3 is 1. The van der Waals surface area contributed by atoms with E-state index < -0.39 is 0 Å². The van der Waals surface area contributed by atoms with E-state index in [1.165, 1.54) is 0 Å². The molecule has 0 fully saturated rings. The lowest BCUT2D eigenvalue weighted by molar-refractivity contribution is 0.0998. The summed E-state index contributed by atoms with van der Waals surface area (Å²) in [6.45, 7) is 1.96. The first-order valence-corrected chi connectivity index (χ1v) is 8.21. The van der Waals surface area contributed by atoms with Gasteiger partial charge in [-0.05, 0) is 37.3 Å². The fourth-order valence-corrected chi connectivity index (χ4v) is 3.43. The SMILES string of the molecule is COc1cccc2cc(C(=O)Nc3ccc4sc(C)nc4c3)oc12. The van der Waals surface area contributed by atoms with E-state index in [1.54, 1.807) is 30.6 Å². The van der Waals surface area contributed by atoms with Gasteiger partial charge in [0.1, 0.15) is 0 Å². The van der Waals surface area contributed by atoms with Crippen LogP contribution in [-0.2, 0) is 0 Å². The van der Waals surface area contributed by atoms with Crippen molar-refractivity contribution in [2.45, 2.75) is 6.92 Å². The quantitative estimate of drug-likeness (QED) is 0.592. The van der Waals surface area contributed by atoms with Gasteiger partial charge in [-0.15, -0.1) is 11.3 Å². The molecule has 24 heavy (non-hydrogen) atoms. The lowest BCUT2D eigenvalue weighted by atomic mass is 10.2. The van der Waals surface area contributed by atoms with E-state index in [0.717, 1.165) is 20.6 Å². The summed E-state index contributed by atoms with van der Waals surface area (Å²) in [5.41, 5.74) is 2.13. The van der Waals surface area contributed by atoms with Crippen LogP contribution >= 0.6 is 11.3 Å². The second-order valence-electron chi connectivity index (χ2n) is 5.36. The van der Waals surface area contributed by atoms with Crippen LogP contribution in [0.4, 0.5) is 5.69 Å². The molecule has 0 spiro atoms. The van der Waals surface area contributed by atoms with Gasteiger partial charge in [-0.1, -0.05) is 12.1 Å². The second-order valence-corrected chi connectivity index (χ2v) is 6.59. The Morgan fingerprint density at radius 1 is 1.25 bits per heavy atom. The van der Waals surface area contributed by atoms with Gasteiger partial charge >= 0.3 is 0 Å². The first-order chi connectivity index (χ1) is 11.6. The normalized spacial score (nSPS) is 11.1. The minimum absolute atomic E-state index is 0.240. The van der Waals surface area contributed by atoms with Crippen LogP contribution in [-0.4, -0.2) is 18.0 Å². The molecule has 5 nitrogen and oxygen atoms in total. The molecule has 1 N–H and O–H groups in total. The summed E-state index contributed by atoms with van der Waals surface area (Å²) in [4.78, 5) is 16.9.